The number of allylic oxidation sites excluding steroid dienone is 2. The number of thiazole rings is 1. The molecule has 6 heteroatoms. The van der Waals surface area contributed by atoms with Crippen LogP contribution in [0.5, 0.6) is 11.5 Å². The molecule has 0 aliphatic heterocycles. The van der Waals surface area contributed by atoms with E-state index in [9.17, 15) is 0 Å². The maximum absolute atomic E-state index is 6.86. The normalized spacial score (nSPS) is 11.7. The molecule has 1 aromatic heterocycles. The van der Waals surface area contributed by atoms with Gasteiger partial charge >= 0.3 is 0 Å². The monoisotopic (exact) mass is 539 g/mol. The van der Waals surface area contributed by atoms with Crippen molar-refractivity contribution in [2.75, 3.05) is 19.1 Å². The van der Waals surface area contributed by atoms with Crippen molar-refractivity contribution in [3.8, 4) is 22.6 Å². The largest absolute Gasteiger partial charge is 0.496 e. The van der Waals surface area contributed by atoms with E-state index >= 15 is 0 Å². The first-order valence-electron chi connectivity index (χ1n) is 12.2. The van der Waals surface area contributed by atoms with Crippen molar-refractivity contribution in [1.82, 2.24) is 0 Å². The van der Waals surface area contributed by atoms with Gasteiger partial charge in [-0.25, -0.2) is 0 Å². The number of halogens is 1. The zero-order chi connectivity index (χ0) is 26.5. The number of aromatic nitrogens is 1. The third-order valence-corrected chi connectivity index (χ3v) is 7.76. The topological polar surface area (TPSA) is 25.6 Å². The van der Waals surface area contributed by atoms with Gasteiger partial charge in [0.1, 0.15) is 28.4 Å². The van der Waals surface area contributed by atoms with Crippen LogP contribution < -0.4 is 18.9 Å². The highest BCUT2D eigenvalue weighted by molar-refractivity contribution is 7.18. The second kappa shape index (κ2) is 11.5. The number of benzene rings is 4. The van der Waals surface area contributed by atoms with Gasteiger partial charge in [-0.2, -0.15) is 4.57 Å². The molecule has 0 atom stereocenters. The first kappa shape index (κ1) is 25.6. The van der Waals surface area contributed by atoms with Gasteiger partial charge in [0.25, 0.3) is 5.01 Å². The first-order chi connectivity index (χ1) is 18.6. The van der Waals surface area contributed by atoms with Gasteiger partial charge in [-0.05, 0) is 60.2 Å². The minimum absolute atomic E-state index is 0.605. The van der Waals surface area contributed by atoms with Crippen LogP contribution in [0.4, 0.5) is 11.4 Å². The summed E-state index contributed by atoms with van der Waals surface area (Å²) in [6.45, 7) is 0. The highest BCUT2D eigenvalue weighted by Crippen LogP contribution is 2.40. The SMILES string of the molecule is COc1cccc(OC)c1-c1ccc2c(c1)sc(/C=C\C=C(\Cl)N(c1ccccc1)c1ccccc1)[n+]2C. The van der Waals surface area contributed by atoms with Crippen LogP contribution in [-0.4, -0.2) is 14.2 Å². The lowest BCUT2D eigenvalue weighted by Crippen LogP contribution is -2.28. The molecule has 0 unspecified atom stereocenters. The summed E-state index contributed by atoms with van der Waals surface area (Å²) in [5.74, 6) is 1.57. The molecule has 0 saturated heterocycles. The Balaban J connectivity index is 1.48. The molecular weight excluding hydrogens is 512 g/mol. The van der Waals surface area contributed by atoms with E-state index in [-0.39, 0.29) is 0 Å². The summed E-state index contributed by atoms with van der Waals surface area (Å²) in [5, 5.41) is 1.71. The number of para-hydroxylation sites is 2. The second-order valence-electron chi connectivity index (χ2n) is 8.57. The molecule has 190 valence electrons. The second-order valence-corrected chi connectivity index (χ2v) is 10.0. The lowest BCUT2D eigenvalue weighted by Gasteiger charge is -2.23. The summed E-state index contributed by atoms with van der Waals surface area (Å²) in [5.41, 5.74) is 5.15. The maximum Gasteiger partial charge on any atom is 0.262 e. The van der Waals surface area contributed by atoms with Gasteiger partial charge in [-0.3, -0.25) is 0 Å². The highest BCUT2D eigenvalue weighted by Gasteiger charge is 2.19. The van der Waals surface area contributed by atoms with E-state index in [0.717, 1.165) is 44.5 Å². The van der Waals surface area contributed by atoms with Crippen molar-refractivity contribution in [3.05, 3.63) is 119 Å². The van der Waals surface area contributed by atoms with Crippen molar-refractivity contribution < 1.29 is 14.0 Å². The van der Waals surface area contributed by atoms with E-state index in [1.807, 2.05) is 95.9 Å². The lowest BCUT2D eigenvalue weighted by atomic mass is 10.0. The molecule has 0 bridgehead atoms. The number of rotatable bonds is 8. The molecule has 38 heavy (non-hydrogen) atoms. The van der Waals surface area contributed by atoms with Gasteiger partial charge in [0.2, 0.25) is 5.52 Å². The number of anilines is 2. The van der Waals surface area contributed by atoms with Crippen LogP contribution in [0.15, 0.2) is 114 Å². The van der Waals surface area contributed by atoms with Crippen LogP contribution in [0.2, 0.25) is 0 Å². The van der Waals surface area contributed by atoms with E-state index in [4.69, 9.17) is 21.1 Å². The van der Waals surface area contributed by atoms with Crippen LogP contribution in [0.3, 0.4) is 0 Å². The number of fused-ring (bicyclic) bond motifs is 1. The maximum atomic E-state index is 6.86. The predicted octanol–water partition coefficient (Wildman–Crippen LogP) is 8.34. The van der Waals surface area contributed by atoms with Crippen LogP contribution in [0.1, 0.15) is 5.01 Å². The molecule has 0 spiro atoms. The van der Waals surface area contributed by atoms with Crippen molar-refractivity contribution in [2.45, 2.75) is 0 Å². The molecule has 4 aromatic carbocycles. The lowest BCUT2D eigenvalue weighted by molar-refractivity contribution is -0.642. The van der Waals surface area contributed by atoms with Crippen molar-refractivity contribution in [3.63, 3.8) is 0 Å². The van der Waals surface area contributed by atoms with E-state index in [2.05, 4.69) is 35.9 Å². The predicted molar refractivity (Wildman–Crippen MR) is 160 cm³/mol. The summed E-state index contributed by atoms with van der Waals surface area (Å²) in [4.78, 5) is 2.03. The summed E-state index contributed by atoms with van der Waals surface area (Å²) in [6.07, 6.45) is 6.01. The average molecular weight is 540 g/mol. The number of hydrogen-bond acceptors (Lipinski definition) is 4. The summed E-state index contributed by atoms with van der Waals surface area (Å²) in [7, 11) is 5.44. The number of methoxy groups -OCH3 is 2. The van der Waals surface area contributed by atoms with Crippen LogP contribution in [-0.2, 0) is 7.05 Å². The van der Waals surface area contributed by atoms with Crippen molar-refractivity contribution in [2.24, 2.45) is 7.05 Å². The Morgan fingerprint density at radius 1 is 0.816 bits per heavy atom. The van der Waals surface area contributed by atoms with E-state index < -0.39 is 0 Å². The standard InChI is InChI=1S/C32H28ClN2O2S/c1-34-26-21-20-23(32-27(36-2)16-10-17-28(32)37-3)22-29(26)38-31(34)19-11-18-30(33)35(24-12-6-4-7-13-24)25-14-8-5-9-15-25/h4-22H,1-3H3/q+1. The third-order valence-electron chi connectivity index (χ3n) is 6.30. The van der Waals surface area contributed by atoms with E-state index in [0.29, 0.717) is 5.16 Å². The Hall–Kier alpha value is -4.06. The summed E-state index contributed by atoms with van der Waals surface area (Å²) in [6, 6.07) is 32.5. The Morgan fingerprint density at radius 3 is 2.00 bits per heavy atom. The minimum Gasteiger partial charge on any atom is -0.496 e. The fraction of sp³-hybridized carbons (Fsp3) is 0.0938. The molecule has 0 N–H and O–H groups in total. The molecule has 1 heterocycles. The molecular formula is C32H28ClN2O2S+. The van der Waals surface area contributed by atoms with Gasteiger partial charge in [0, 0.05) is 23.5 Å². The molecule has 0 aliphatic carbocycles. The zero-order valence-electron chi connectivity index (χ0n) is 21.5. The van der Waals surface area contributed by atoms with Gasteiger partial charge in [0.05, 0.1) is 19.8 Å². The average Bonchev–Trinajstić information content (AvgIpc) is 3.28. The molecule has 0 fully saturated rings. The van der Waals surface area contributed by atoms with Gasteiger partial charge < -0.3 is 14.4 Å². The number of ether oxygens (including phenoxy) is 2. The first-order valence-corrected chi connectivity index (χ1v) is 13.4. The number of nitrogens with zero attached hydrogens (tertiary/aromatic N) is 2. The van der Waals surface area contributed by atoms with Crippen LogP contribution in [0.25, 0.3) is 27.4 Å². The molecule has 0 radical (unpaired) electrons. The molecule has 0 saturated carbocycles. The minimum atomic E-state index is 0.605. The Bertz CT molecular complexity index is 1550. The number of hydrogen-bond donors (Lipinski definition) is 0. The quantitative estimate of drug-likeness (QED) is 0.112. The van der Waals surface area contributed by atoms with Gasteiger partial charge in [-0.1, -0.05) is 71.5 Å². The smallest absolute Gasteiger partial charge is 0.262 e. The summed E-state index contributed by atoms with van der Waals surface area (Å²) >= 11 is 8.58. The molecule has 5 rings (SSSR count). The Labute approximate surface area is 232 Å². The fourth-order valence-electron chi connectivity index (χ4n) is 4.44. The number of aryl methyl sites for hydroxylation is 1. The van der Waals surface area contributed by atoms with E-state index in [1.165, 1.54) is 4.70 Å². The molecule has 4 nitrogen and oxygen atoms in total. The van der Waals surface area contributed by atoms with Crippen LogP contribution in [0, 0.1) is 0 Å². The fourth-order valence-corrected chi connectivity index (χ4v) is 5.81. The summed E-state index contributed by atoms with van der Waals surface area (Å²) < 4.78 is 14.6. The van der Waals surface area contributed by atoms with Crippen LogP contribution >= 0.6 is 22.9 Å². The third kappa shape index (κ3) is 5.17. The molecule has 0 aliphatic rings. The molecule has 0 amide bonds. The molecule has 5 aromatic rings. The Kier molecular flexibility index (Phi) is 7.78. The van der Waals surface area contributed by atoms with Gasteiger partial charge in [0.15, 0.2) is 0 Å². The van der Waals surface area contributed by atoms with Crippen molar-refractivity contribution in [1.29, 1.82) is 0 Å². The highest BCUT2D eigenvalue weighted by atomic mass is 35.5. The van der Waals surface area contributed by atoms with E-state index in [1.54, 1.807) is 25.6 Å². The van der Waals surface area contributed by atoms with Gasteiger partial charge in [-0.15, -0.1) is 0 Å². The van der Waals surface area contributed by atoms with Crippen molar-refractivity contribution >= 4 is 50.6 Å². The Morgan fingerprint density at radius 2 is 1.42 bits per heavy atom. The zero-order valence-corrected chi connectivity index (χ0v) is 23.0.